The van der Waals surface area contributed by atoms with Crippen molar-refractivity contribution in [2.45, 2.75) is 0 Å². The predicted octanol–water partition coefficient (Wildman–Crippen LogP) is 2.48. The molecular weight excluding hydrogens is 190 g/mol. The van der Waals surface area contributed by atoms with E-state index < -0.39 is 0 Å². The van der Waals surface area contributed by atoms with Gasteiger partial charge in [-0.05, 0) is 35.4 Å². The molecule has 0 unspecified atom stereocenters. The van der Waals surface area contributed by atoms with Crippen LogP contribution in [0.1, 0.15) is 0 Å². The van der Waals surface area contributed by atoms with E-state index in [1.54, 1.807) is 12.4 Å². The van der Waals surface area contributed by atoms with E-state index in [4.69, 9.17) is 9.47 Å². The van der Waals surface area contributed by atoms with Crippen LogP contribution in [0.4, 0.5) is 0 Å². The van der Waals surface area contributed by atoms with Crippen molar-refractivity contribution in [1.82, 2.24) is 4.98 Å². The molecule has 0 fully saturated rings. The predicted molar refractivity (Wildman–Crippen MR) is 55.8 cm³/mol. The minimum absolute atomic E-state index is 0.315. The van der Waals surface area contributed by atoms with E-state index in [2.05, 4.69) is 4.98 Å². The molecule has 0 radical (unpaired) electrons. The van der Waals surface area contributed by atoms with Gasteiger partial charge in [0.15, 0.2) is 11.5 Å². The van der Waals surface area contributed by atoms with Gasteiger partial charge in [0, 0.05) is 12.4 Å². The summed E-state index contributed by atoms with van der Waals surface area (Å²) in [4.78, 5) is 3.99. The average Bonchev–Trinajstić information content (AvgIpc) is 2.77. The third kappa shape index (κ3) is 1.42. The number of nitrogens with zero attached hydrogens (tertiary/aromatic N) is 1. The van der Waals surface area contributed by atoms with Crippen LogP contribution in [0.3, 0.4) is 0 Å². The van der Waals surface area contributed by atoms with Crippen molar-refractivity contribution in [3.05, 3.63) is 42.7 Å². The first-order chi connectivity index (χ1) is 7.43. The molecule has 3 rings (SSSR count). The van der Waals surface area contributed by atoms with Crippen LogP contribution in [0.15, 0.2) is 42.7 Å². The summed E-state index contributed by atoms with van der Waals surface area (Å²) in [5.41, 5.74) is 2.24. The molecule has 74 valence electrons. The summed E-state index contributed by atoms with van der Waals surface area (Å²) in [6.07, 6.45) is 3.56. The van der Waals surface area contributed by atoms with Crippen LogP contribution in [0.2, 0.25) is 0 Å². The summed E-state index contributed by atoms with van der Waals surface area (Å²) in [7, 11) is 0. The van der Waals surface area contributed by atoms with Crippen molar-refractivity contribution in [2.75, 3.05) is 6.79 Å². The van der Waals surface area contributed by atoms with Crippen molar-refractivity contribution in [3.63, 3.8) is 0 Å². The second-order valence-corrected chi connectivity index (χ2v) is 3.30. The summed E-state index contributed by atoms with van der Waals surface area (Å²) < 4.78 is 10.6. The van der Waals surface area contributed by atoms with Crippen molar-refractivity contribution < 1.29 is 9.47 Å². The maximum Gasteiger partial charge on any atom is 0.231 e. The normalized spacial score (nSPS) is 12.8. The fraction of sp³-hybridized carbons (Fsp3) is 0.0833. The first kappa shape index (κ1) is 8.29. The molecule has 0 N–H and O–H groups in total. The second-order valence-electron chi connectivity index (χ2n) is 3.30. The molecule has 0 atom stereocenters. The Bertz CT molecular complexity index is 482. The number of ether oxygens (including phenoxy) is 2. The molecule has 1 aromatic heterocycles. The fourth-order valence-corrected chi connectivity index (χ4v) is 1.62. The maximum atomic E-state index is 5.32. The Hall–Kier alpha value is -2.03. The van der Waals surface area contributed by atoms with Crippen LogP contribution in [0, 0.1) is 0 Å². The molecule has 0 saturated carbocycles. The average molecular weight is 199 g/mol. The van der Waals surface area contributed by atoms with Gasteiger partial charge in [0.1, 0.15) is 0 Å². The number of fused-ring (bicyclic) bond motifs is 1. The summed E-state index contributed by atoms with van der Waals surface area (Å²) in [5, 5.41) is 0. The molecule has 0 saturated heterocycles. The van der Waals surface area contributed by atoms with Gasteiger partial charge >= 0.3 is 0 Å². The first-order valence-electron chi connectivity index (χ1n) is 4.73. The van der Waals surface area contributed by atoms with Gasteiger partial charge < -0.3 is 9.47 Å². The topological polar surface area (TPSA) is 31.4 Å². The highest BCUT2D eigenvalue weighted by atomic mass is 16.7. The van der Waals surface area contributed by atoms with Gasteiger partial charge in [0.05, 0.1) is 0 Å². The van der Waals surface area contributed by atoms with Crippen LogP contribution in [-0.4, -0.2) is 11.8 Å². The van der Waals surface area contributed by atoms with Crippen molar-refractivity contribution in [1.29, 1.82) is 0 Å². The van der Waals surface area contributed by atoms with Crippen LogP contribution in [0.5, 0.6) is 11.5 Å². The van der Waals surface area contributed by atoms with Crippen LogP contribution >= 0.6 is 0 Å². The first-order valence-corrected chi connectivity index (χ1v) is 4.73. The van der Waals surface area contributed by atoms with Gasteiger partial charge in [-0.2, -0.15) is 0 Å². The molecule has 15 heavy (non-hydrogen) atoms. The number of benzene rings is 1. The van der Waals surface area contributed by atoms with E-state index in [9.17, 15) is 0 Å². The lowest BCUT2D eigenvalue weighted by atomic mass is 10.1. The lowest BCUT2D eigenvalue weighted by Crippen LogP contribution is -1.92. The van der Waals surface area contributed by atoms with Crippen molar-refractivity contribution in [2.24, 2.45) is 0 Å². The lowest BCUT2D eigenvalue weighted by molar-refractivity contribution is 0.174. The van der Waals surface area contributed by atoms with Crippen LogP contribution in [0.25, 0.3) is 11.1 Å². The Morgan fingerprint density at radius 3 is 2.53 bits per heavy atom. The highest BCUT2D eigenvalue weighted by Gasteiger charge is 2.13. The van der Waals surface area contributed by atoms with E-state index in [1.165, 1.54) is 0 Å². The van der Waals surface area contributed by atoms with Crippen LogP contribution in [-0.2, 0) is 0 Å². The summed E-state index contributed by atoms with van der Waals surface area (Å²) >= 11 is 0. The van der Waals surface area contributed by atoms with E-state index in [1.807, 2.05) is 30.3 Å². The van der Waals surface area contributed by atoms with Gasteiger partial charge in [-0.25, -0.2) is 0 Å². The number of hydrogen-bond acceptors (Lipinski definition) is 3. The quantitative estimate of drug-likeness (QED) is 0.707. The molecule has 0 spiro atoms. The third-order valence-electron chi connectivity index (χ3n) is 2.39. The zero-order valence-corrected chi connectivity index (χ0v) is 8.01. The second kappa shape index (κ2) is 3.28. The molecule has 1 aliphatic heterocycles. The Kier molecular flexibility index (Phi) is 1.81. The third-order valence-corrected chi connectivity index (χ3v) is 2.39. The van der Waals surface area contributed by atoms with Gasteiger partial charge in [-0.3, -0.25) is 4.98 Å². The minimum Gasteiger partial charge on any atom is -0.454 e. The van der Waals surface area contributed by atoms with E-state index >= 15 is 0 Å². The summed E-state index contributed by atoms with van der Waals surface area (Å²) in [6.45, 7) is 0.315. The van der Waals surface area contributed by atoms with E-state index in [0.29, 0.717) is 6.79 Å². The standard InChI is InChI=1S/C12H9NO2/c1-2-11-12(15-8-14-11)7-10(1)9-3-5-13-6-4-9/h1-7H,8H2. The summed E-state index contributed by atoms with van der Waals surface area (Å²) in [6, 6.07) is 9.87. The SMILES string of the molecule is c1cc(-c2ccc3c(c2)OCO3)ccn1. The maximum absolute atomic E-state index is 5.32. The van der Waals surface area contributed by atoms with Gasteiger partial charge in [0.25, 0.3) is 0 Å². The van der Waals surface area contributed by atoms with Crippen molar-refractivity contribution in [3.8, 4) is 22.6 Å². The molecule has 0 aliphatic carbocycles. The smallest absolute Gasteiger partial charge is 0.231 e. The lowest BCUT2D eigenvalue weighted by Gasteiger charge is -2.02. The summed E-state index contributed by atoms with van der Waals surface area (Å²) in [5.74, 6) is 1.62. The molecule has 0 bridgehead atoms. The van der Waals surface area contributed by atoms with E-state index in [-0.39, 0.29) is 0 Å². The molecule has 2 aromatic rings. The highest BCUT2D eigenvalue weighted by Crippen LogP contribution is 2.35. The monoisotopic (exact) mass is 199 g/mol. The minimum atomic E-state index is 0.315. The highest BCUT2D eigenvalue weighted by molar-refractivity contribution is 5.66. The Morgan fingerprint density at radius 2 is 1.67 bits per heavy atom. The number of rotatable bonds is 1. The van der Waals surface area contributed by atoms with Gasteiger partial charge in [0.2, 0.25) is 6.79 Å². The molecule has 3 nitrogen and oxygen atoms in total. The Labute approximate surface area is 87.3 Å². The van der Waals surface area contributed by atoms with Crippen molar-refractivity contribution >= 4 is 0 Å². The molecule has 1 aliphatic rings. The molecule has 1 aromatic carbocycles. The molecule has 3 heteroatoms. The molecule has 0 amide bonds. The largest absolute Gasteiger partial charge is 0.454 e. The van der Waals surface area contributed by atoms with Gasteiger partial charge in [-0.15, -0.1) is 0 Å². The number of pyridine rings is 1. The van der Waals surface area contributed by atoms with E-state index in [0.717, 1.165) is 22.6 Å². The Morgan fingerprint density at radius 1 is 0.867 bits per heavy atom. The van der Waals surface area contributed by atoms with Crippen LogP contribution < -0.4 is 9.47 Å². The zero-order valence-electron chi connectivity index (χ0n) is 8.01. The zero-order chi connectivity index (χ0) is 10.1. The molecular formula is C12H9NO2. The Balaban J connectivity index is 2.07. The number of aromatic nitrogens is 1. The number of hydrogen-bond donors (Lipinski definition) is 0. The van der Waals surface area contributed by atoms with Gasteiger partial charge in [-0.1, -0.05) is 6.07 Å². The fourth-order valence-electron chi connectivity index (χ4n) is 1.62. The molecule has 2 heterocycles.